The van der Waals surface area contributed by atoms with Gasteiger partial charge in [0.15, 0.2) is 0 Å². The molecule has 4 rings (SSSR count). The molecular formula is C25H23N5O2. The Labute approximate surface area is 186 Å². The van der Waals surface area contributed by atoms with Crippen LogP contribution in [0.15, 0.2) is 90.2 Å². The second kappa shape index (κ2) is 9.26. The number of aromatic nitrogens is 2. The highest BCUT2D eigenvalue weighted by Crippen LogP contribution is 2.25. The number of nitro benzene ring substituents is 1. The Kier molecular flexibility index (Phi) is 6.07. The van der Waals surface area contributed by atoms with E-state index >= 15 is 0 Å². The normalized spacial score (nSPS) is 11.2. The fraction of sp³-hybridized carbons (Fsp3) is 0.120. The van der Waals surface area contributed by atoms with E-state index in [0.29, 0.717) is 11.6 Å². The van der Waals surface area contributed by atoms with Gasteiger partial charge in [0.2, 0.25) is 0 Å². The van der Waals surface area contributed by atoms with Crippen molar-refractivity contribution in [3.63, 3.8) is 0 Å². The largest absolute Gasteiger partial charge is 0.278 e. The van der Waals surface area contributed by atoms with E-state index in [-0.39, 0.29) is 5.69 Å². The molecule has 1 aromatic heterocycles. The van der Waals surface area contributed by atoms with Crippen LogP contribution in [-0.4, -0.2) is 20.9 Å². The first-order chi connectivity index (χ1) is 15.5. The van der Waals surface area contributed by atoms with Gasteiger partial charge in [0.1, 0.15) is 5.69 Å². The first kappa shape index (κ1) is 21.0. The summed E-state index contributed by atoms with van der Waals surface area (Å²) >= 11 is 0. The molecule has 0 radical (unpaired) electrons. The number of non-ortho nitro benzene ring substituents is 1. The summed E-state index contributed by atoms with van der Waals surface area (Å²) in [4.78, 5) is 10.4. The molecule has 0 unspecified atom stereocenters. The molecule has 7 heteroatoms. The number of benzene rings is 3. The van der Waals surface area contributed by atoms with Crippen molar-refractivity contribution in [3.8, 4) is 16.9 Å². The van der Waals surface area contributed by atoms with E-state index in [1.54, 1.807) is 18.3 Å². The van der Waals surface area contributed by atoms with Crippen LogP contribution in [0.4, 0.5) is 11.4 Å². The summed E-state index contributed by atoms with van der Waals surface area (Å²) < 4.78 is 1.83. The molecule has 0 saturated carbocycles. The van der Waals surface area contributed by atoms with Crippen molar-refractivity contribution < 1.29 is 4.92 Å². The van der Waals surface area contributed by atoms with Crippen LogP contribution in [0.25, 0.3) is 16.9 Å². The Balaban J connectivity index is 1.64. The molecule has 160 valence electrons. The number of hydrazone groups is 1. The molecule has 1 heterocycles. The minimum atomic E-state index is -0.429. The molecule has 4 aromatic rings. The predicted molar refractivity (Wildman–Crippen MR) is 127 cm³/mol. The van der Waals surface area contributed by atoms with Crippen molar-refractivity contribution in [1.29, 1.82) is 0 Å². The molecule has 3 aromatic carbocycles. The maximum Gasteiger partial charge on any atom is 0.269 e. The van der Waals surface area contributed by atoms with E-state index in [1.165, 1.54) is 17.7 Å². The highest BCUT2D eigenvalue weighted by molar-refractivity contribution is 5.89. The van der Waals surface area contributed by atoms with Crippen molar-refractivity contribution in [1.82, 2.24) is 9.78 Å². The molecule has 1 N–H and O–H groups in total. The lowest BCUT2D eigenvalue weighted by molar-refractivity contribution is -0.384. The minimum absolute atomic E-state index is 0.0378. The van der Waals surface area contributed by atoms with Crippen molar-refractivity contribution in [3.05, 3.63) is 106 Å². The Morgan fingerprint density at radius 1 is 1.00 bits per heavy atom. The van der Waals surface area contributed by atoms with Gasteiger partial charge in [-0.25, -0.2) is 4.68 Å². The zero-order valence-electron chi connectivity index (χ0n) is 17.8. The van der Waals surface area contributed by atoms with Gasteiger partial charge in [0, 0.05) is 29.5 Å². The van der Waals surface area contributed by atoms with Crippen LogP contribution in [0.3, 0.4) is 0 Å². The van der Waals surface area contributed by atoms with E-state index in [9.17, 15) is 10.1 Å². The minimum Gasteiger partial charge on any atom is -0.278 e. The van der Waals surface area contributed by atoms with E-state index in [0.717, 1.165) is 22.5 Å². The maximum atomic E-state index is 10.8. The Morgan fingerprint density at radius 3 is 2.31 bits per heavy atom. The topological polar surface area (TPSA) is 85.3 Å². The highest BCUT2D eigenvalue weighted by Gasteiger charge is 2.12. The number of anilines is 1. The van der Waals surface area contributed by atoms with Gasteiger partial charge in [-0.3, -0.25) is 15.5 Å². The fourth-order valence-corrected chi connectivity index (χ4v) is 3.28. The molecular weight excluding hydrogens is 402 g/mol. The first-order valence-corrected chi connectivity index (χ1v) is 10.3. The lowest BCUT2D eigenvalue weighted by Crippen LogP contribution is -1.94. The van der Waals surface area contributed by atoms with E-state index in [2.05, 4.69) is 48.6 Å². The number of nitrogens with one attached hydrogen (secondary N) is 1. The van der Waals surface area contributed by atoms with Crippen LogP contribution in [0.2, 0.25) is 0 Å². The van der Waals surface area contributed by atoms with Crippen LogP contribution in [0.1, 0.15) is 30.9 Å². The molecule has 0 spiro atoms. The molecule has 0 fully saturated rings. The van der Waals surface area contributed by atoms with Crippen molar-refractivity contribution in [2.75, 3.05) is 5.43 Å². The summed E-state index contributed by atoms with van der Waals surface area (Å²) in [6.45, 7) is 4.34. The number of nitrogens with zero attached hydrogens (tertiary/aromatic N) is 4. The summed E-state index contributed by atoms with van der Waals surface area (Å²) in [5.41, 5.74) is 8.51. The average Bonchev–Trinajstić information content (AvgIpc) is 3.24. The molecule has 7 nitrogen and oxygen atoms in total. The van der Waals surface area contributed by atoms with Gasteiger partial charge in [-0.05, 0) is 35.7 Å². The second-order valence-corrected chi connectivity index (χ2v) is 7.66. The van der Waals surface area contributed by atoms with Gasteiger partial charge in [-0.2, -0.15) is 10.2 Å². The molecule has 0 aliphatic carbocycles. The van der Waals surface area contributed by atoms with Crippen LogP contribution in [0, 0.1) is 10.1 Å². The monoisotopic (exact) mass is 425 g/mol. The molecule has 0 aliphatic heterocycles. The van der Waals surface area contributed by atoms with Gasteiger partial charge in [0.05, 0.1) is 22.5 Å². The number of hydrogen-bond donors (Lipinski definition) is 1. The third-order valence-corrected chi connectivity index (χ3v) is 5.09. The summed E-state index contributed by atoms with van der Waals surface area (Å²) in [5, 5.41) is 19.9. The molecule has 0 bridgehead atoms. The number of para-hydroxylation sites is 1. The van der Waals surface area contributed by atoms with Crippen molar-refractivity contribution in [2.45, 2.75) is 19.8 Å². The average molecular weight is 425 g/mol. The van der Waals surface area contributed by atoms with Crippen LogP contribution < -0.4 is 5.43 Å². The van der Waals surface area contributed by atoms with Crippen LogP contribution >= 0.6 is 0 Å². The SMILES string of the molecule is CC(C)c1ccc(-c2nn(-c3ccccc3)cc2/C=N/Nc2ccc([N+](=O)[O-])cc2)cc1. The Morgan fingerprint density at radius 2 is 1.69 bits per heavy atom. The van der Waals surface area contributed by atoms with Crippen LogP contribution in [0.5, 0.6) is 0 Å². The summed E-state index contributed by atoms with van der Waals surface area (Å²) in [7, 11) is 0. The van der Waals surface area contributed by atoms with Gasteiger partial charge in [-0.15, -0.1) is 0 Å². The van der Waals surface area contributed by atoms with Gasteiger partial charge < -0.3 is 0 Å². The smallest absolute Gasteiger partial charge is 0.269 e. The van der Waals surface area contributed by atoms with E-state index < -0.39 is 4.92 Å². The molecule has 0 amide bonds. The zero-order valence-corrected chi connectivity index (χ0v) is 17.8. The quantitative estimate of drug-likeness (QED) is 0.223. The second-order valence-electron chi connectivity index (χ2n) is 7.66. The molecule has 32 heavy (non-hydrogen) atoms. The van der Waals surface area contributed by atoms with E-state index in [4.69, 9.17) is 5.10 Å². The summed E-state index contributed by atoms with van der Waals surface area (Å²) in [5.74, 6) is 0.456. The third-order valence-electron chi connectivity index (χ3n) is 5.09. The van der Waals surface area contributed by atoms with Crippen molar-refractivity contribution in [2.24, 2.45) is 5.10 Å². The number of nitro groups is 1. The first-order valence-electron chi connectivity index (χ1n) is 10.3. The van der Waals surface area contributed by atoms with Gasteiger partial charge in [0.25, 0.3) is 5.69 Å². The third kappa shape index (κ3) is 4.73. The van der Waals surface area contributed by atoms with Crippen LogP contribution in [-0.2, 0) is 0 Å². The summed E-state index contributed by atoms with van der Waals surface area (Å²) in [6, 6.07) is 24.4. The predicted octanol–water partition coefficient (Wildman–Crippen LogP) is 6.02. The number of rotatable bonds is 7. The summed E-state index contributed by atoms with van der Waals surface area (Å²) in [6.07, 6.45) is 3.64. The van der Waals surface area contributed by atoms with Gasteiger partial charge in [-0.1, -0.05) is 56.3 Å². The maximum absolute atomic E-state index is 10.8. The lowest BCUT2D eigenvalue weighted by atomic mass is 10.00. The lowest BCUT2D eigenvalue weighted by Gasteiger charge is -2.06. The molecule has 0 saturated heterocycles. The standard InChI is InChI=1S/C25H23N5O2/c1-18(2)19-8-10-20(11-9-19)25-21(17-29(28-25)23-6-4-3-5-7-23)16-26-27-22-12-14-24(15-13-22)30(31)32/h3-18,27H,1-2H3/b26-16+. The highest BCUT2D eigenvalue weighted by atomic mass is 16.6. The Bertz CT molecular complexity index is 1230. The molecule has 0 atom stereocenters. The number of hydrogen-bond acceptors (Lipinski definition) is 5. The Hall–Kier alpha value is -4.26. The van der Waals surface area contributed by atoms with E-state index in [1.807, 2.05) is 41.2 Å². The van der Waals surface area contributed by atoms with Crippen molar-refractivity contribution >= 4 is 17.6 Å². The fourth-order valence-electron chi connectivity index (χ4n) is 3.28. The molecule has 0 aliphatic rings. The zero-order chi connectivity index (χ0) is 22.5. The van der Waals surface area contributed by atoms with Gasteiger partial charge >= 0.3 is 0 Å².